The summed E-state index contributed by atoms with van der Waals surface area (Å²) in [6, 6.07) is 8.61. The predicted molar refractivity (Wildman–Crippen MR) is 109 cm³/mol. The highest BCUT2D eigenvalue weighted by Gasteiger charge is 2.37. The Balaban J connectivity index is 2.03. The van der Waals surface area contributed by atoms with Crippen LogP contribution in [0.5, 0.6) is 5.75 Å². The largest absolute Gasteiger partial charge is 0.487 e. The number of alkyl halides is 2. The summed E-state index contributed by atoms with van der Waals surface area (Å²) in [6.07, 6.45) is -3.71. The molecule has 9 nitrogen and oxygen atoms in total. The average Bonchev–Trinajstić information content (AvgIpc) is 2.66. The molecule has 1 aliphatic heterocycles. The fourth-order valence-corrected chi connectivity index (χ4v) is 3.02. The van der Waals surface area contributed by atoms with Gasteiger partial charge in [-0.15, -0.1) is 0 Å². The maximum atomic E-state index is 13.7. The normalized spacial score (nSPS) is 15.8. The summed E-state index contributed by atoms with van der Waals surface area (Å²) in [5.41, 5.74) is -0.654. The van der Waals surface area contributed by atoms with Crippen molar-refractivity contribution in [1.29, 1.82) is 0 Å². The van der Waals surface area contributed by atoms with E-state index < -0.39 is 40.6 Å². The van der Waals surface area contributed by atoms with Crippen LogP contribution in [-0.2, 0) is 11.3 Å². The lowest BCUT2D eigenvalue weighted by molar-refractivity contribution is -0.384. The van der Waals surface area contributed by atoms with Crippen LogP contribution in [-0.4, -0.2) is 40.7 Å². The summed E-state index contributed by atoms with van der Waals surface area (Å²) in [4.78, 5) is 28.4. The van der Waals surface area contributed by atoms with Crippen molar-refractivity contribution < 1.29 is 28.0 Å². The van der Waals surface area contributed by atoms with Crippen molar-refractivity contribution >= 4 is 23.4 Å². The highest BCUT2D eigenvalue weighted by Crippen LogP contribution is 2.40. The van der Waals surface area contributed by atoms with Crippen LogP contribution in [0.3, 0.4) is 0 Å². The van der Waals surface area contributed by atoms with Crippen LogP contribution in [0.15, 0.2) is 36.4 Å². The topological polar surface area (TPSA) is 107 Å². The average molecular weight is 436 g/mol. The number of ether oxygens (including phenoxy) is 2. The zero-order valence-corrected chi connectivity index (χ0v) is 17.2. The number of anilines is 2. The second-order valence-corrected chi connectivity index (χ2v) is 7.89. The molecule has 0 bridgehead atoms. The quantitative estimate of drug-likeness (QED) is 0.548. The Morgan fingerprint density at radius 1 is 1.39 bits per heavy atom. The van der Waals surface area contributed by atoms with E-state index in [-0.39, 0.29) is 24.7 Å². The first kappa shape index (κ1) is 22.2. The van der Waals surface area contributed by atoms with E-state index in [1.165, 1.54) is 4.90 Å². The number of hydrogen-bond acceptors (Lipinski definition) is 7. The Hall–Kier alpha value is -3.50. The lowest BCUT2D eigenvalue weighted by Gasteiger charge is -2.37. The van der Waals surface area contributed by atoms with E-state index in [0.717, 1.165) is 11.6 Å². The minimum Gasteiger partial charge on any atom is -0.487 e. The Morgan fingerprint density at radius 2 is 2.06 bits per heavy atom. The van der Waals surface area contributed by atoms with Crippen molar-refractivity contribution in [2.75, 3.05) is 16.8 Å². The van der Waals surface area contributed by atoms with Crippen LogP contribution < -0.4 is 15.0 Å². The molecule has 2 heterocycles. The molecule has 0 radical (unpaired) electrons. The Labute approximate surface area is 177 Å². The Morgan fingerprint density at radius 3 is 2.65 bits per heavy atom. The van der Waals surface area contributed by atoms with Crippen molar-refractivity contribution in [3.05, 3.63) is 52.1 Å². The van der Waals surface area contributed by atoms with Crippen molar-refractivity contribution in [1.82, 2.24) is 4.98 Å². The molecule has 0 fully saturated rings. The minimum atomic E-state index is -2.75. The van der Waals surface area contributed by atoms with E-state index in [1.54, 1.807) is 51.1 Å². The number of rotatable bonds is 5. The fraction of sp³-hybridized carbons (Fsp3) is 0.400. The summed E-state index contributed by atoms with van der Waals surface area (Å²) in [6.45, 7) is 4.59. The van der Waals surface area contributed by atoms with Crippen LogP contribution in [0, 0.1) is 10.1 Å². The molecule has 0 spiro atoms. The van der Waals surface area contributed by atoms with Gasteiger partial charge in [0.05, 0.1) is 11.0 Å². The van der Waals surface area contributed by atoms with Crippen LogP contribution in [0.1, 0.15) is 26.3 Å². The molecule has 0 aliphatic carbocycles. The summed E-state index contributed by atoms with van der Waals surface area (Å²) < 4.78 is 37.9. The summed E-state index contributed by atoms with van der Waals surface area (Å²) in [7, 11) is 0. The van der Waals surface area contributed by atoms with Gasteiger partial charge in [-0.25, -0.2) is 18.6 Å². The molecule has 1 atom stereocenters. The van der Waals surface area contributed by atoms with Gasteiger partial charge in [0.25, 0.3) is 6.43 Å². The molecule has 3 rings (SSSR count). The van der Waals surface area contributed by atoms with E-state index >= 15 is 0 Å². The zero-order valence-electron chi connectivity index (χ0n) is 17.2. The van der Waals surface area contributed by atoms with Crippen LogP contribution >= 0.6 is 0 Å². The first-order valence-electron chi connectivity index (χ1n) is 9.46. The number of nitrogens with zero attached hydrogens (tertiary/aromatic N) is 3. The summed E-state index contributed by atoms with van der Waals surface area (Å²) >= 11 is 0. The van der Waals surface area contributed by atoms with Crippen LogP contribution in [0.4, 0.5) is 30.9 Å². The van der Waals surface area contributed by atoms with Crippen LogP contribution in [0.2, 0.25) is 0 Å². The number of benzene rings is 1. The van der Waals surface area contributed by atoms with E-state index in [4.69, 9.17) is 9.47 Å². The molecule has 0 saturated carbocycles. The van der Waals surface area contributed by atoms with Crippen molar-refractivity contribution in [2.24, 2.45) is 0 Å². The van der Waals surface area contributed by atoms with Gasteiger partial charge in [0, 0.05) is 6.54 Å². The first-order chi connectivity index (χ1) is 14.5. The molecule has 1 aliphatic rings. The molecule has 11 heteroatoms. The smallest absolute Gasteiger partial charge is 0.413 e. The highest BCUT2D eigenvalue weighted by atomic mass is 19.3. The van der Waals surface area contributed by atoms with Crippen molar-refractivity contribution in [3.8, 4) is 5.75 Å². The predicted octanol–water partition coefficient (Wildman–Crippen LogP) is 4.37. The molecule has 1 aromatic carbocycles. The third-order valence-electron chi connectivity index (χ3n) is 4.33. The van der Waals surface area contributed by atoms with E-state index in [0.29, 0.717) is 0 Å². The van der Waals surface area contributed by atoms with Crippen molar-refractivity contribution in [2.45, 2.75) is 45.4 Å². The standard InChI is InChI=1S/C20H22F2N4O5/c1-20(2,3)31-19(27)24-17-13(26(28)29)9-15-18(23-17)25(14(11-30-15)16(21)22)10-12-7-5-4-6-8-12/h4-9,14,16H,10-11H2,1-3H3,(H,23,24,27)/t14-/m0/s1. The number of halogens is 2. The molecular formula is C20H22F2N4O5. The third kappa shape index (κ3) is 5.36. The molecule has 31 heavy (non-hydrogen) atoms. The molecular weight excluding hydrogens is 414 g/mol. The Kier molecular flexibility index (Phi) is 6.23. The molecule has 1 amide bonds. The van der Waals surface area contributed by atoms with Gasteiger partial charge in [-0.1, -0.05) is 30.3 Å². The van der Waals surface area contributed by atoms with Gasteiger partial charge < -0.3 is 14.4 Å². The van der Waals surface area contributed by atoms with Gasteiger partial charge >= 0.3 is 11.8 Å². The molecule has 2 aromatic rings. The van der Waals surface area contributed by atoms with Gasteiger partial charge in [0.1, 0.15) is 18.2 Å². The maximum Gasteiger partial charge on any atom is 0.413 e. The molecule has 1 aromatic heterocycles. The van der Waals surface area contributed by atoms with E-state index in [1.807, 2.05) is 0 Å². The zero-order chi connectivity index (χ0) is 22.8. The second-order valence-electron chi connectivity index (χ2n) is 7.89. The summed E-state index contributed by atoms with van der Waals surface area (Å²) in [5.74, 6) is -0.471. The number of aromatic nitrogens is 1. The van der Waals surface area contributed by atoms with Gasteiger partial charge in [-0.2, -0.15) is 0 Å². The van der Waals surface area contributed by atoms with Crippen molar-refractivity contribution in [3.63, 3.8) is 0 Å². The monoisotopic (exact) mass is 436 g/mol. The minimum absolute atomic E-state index is 0.0192. The molecule has 0 unspecified atom stereocenters. The van der Waals surface area contributed by atoms with Gasteiger partial charge in [0.15, 0.2) is 11.6 Å². The lowest BCUT2D eigenvalue weighted by Crippen LogP contribution is -2.47. The van der Waals surface area contributed by atoms with Gasteiger partial charge in [0.2, 0.25) is 5.82 Å². The third-order valence-corrected chi connectivity index (χ3v) is 4.33. The number of pyridine rings is 1. The molecule has 166 valence electrons. The highest BCUT2D eigenvalue weighted by molar-refractivity contribution is 5.87. The number of nitro groups is 1. The second kappa shape index (κ2) is 8.70. The Bertz CT molecular complexity index is 966. The maximum absolute atomic E-state index is 13.7. The number of hydrogen-bond donors (Lipinski definition) is 1. The number of carbonyl (C=O) groups is 1. The van der Waals surface area contributed by atoms with Gasteiger partial charge in [-0.3, -0.25) is 15.4 Å². The summed E-state index contributed by atoms with van der Waals surface area (Å²) in [5, 5.41) is 13.7. The number of amides is 1. The lowest BCUT2D eigenvalue weighted by atomic mass is 10.1. The first-order valence-corrected chi connectivity index (χ1v) is 9.46. The fourth-order valence-electron chi connectivity index (χ4n) is 3.02. The molecule has 1 N–H and O–H groups in total. The van der Waals surface area contributed by atoms with E-state index in [2.05, 4.69) is 10.3 Å². The SMILES string of the molecule is CC(C)(C)OC(=O)Nc1nc2c(cc1[N+](=O)[O-])OC[C@@H](C(F)F)N2Cc1ccccc1. The van der Waals surface area contributed by atoms with E-state index in [9.17, 15) is 23.7 Å². The number of carbonyl (C=O) groups excluding carboxylic acids is 1. The van der Waals surface area contributed by atoms with Gasteiger partial charge in [-0.05, 0) is 26.3 Å². The number of nitrogens with one attached hydrogen (secondary N) is 1. The number of fused-ring (bicyclic) bond motifs is 1. The molecule has 0 saturated heterocycles. The van der Waals surface area contributed by atoms with Crippen LogP contribution in [0.25, 0.3) is 0 Å².